The van der Waals surface area contributed by atoms with Crippen molar-refractivity contribution in [2.45, 2.75) is 73.5 Å². The number of carbonyl (C=O) groups excluding carboxylic acids is 1. The average molecular weight is 612 g/mol. The van der Waals surface area contributed by atoms with E-state index >= 15 is 0 Å². The normalized spacial score (nSPS) is 16.6. The van der Waals surface area contributed by atoms with E-state index in [1.54, 1.807) is 0 Å². The highest BCUT2D eigenvalue weighted by Crippen LogP contribution is 2.64. The Bertz CT molecular complexity index is 1060. The number of aliphatic hydroxyl groups is 1. The second kappa shape index (κ2) is 9.53. The molecule has 1 unspecified atom stereocenters. The van der Waals surface area contributed by atoms with Crippen LogP contribution in [0.5, 0.6) is 5.75 Å². The van der Waals surface area contributed by atoms with Gasteiger partial charge in [0.1, 0.15) is 5.75 Å². The minimum absolute atomic E-state index is 0.113. The van der Waals surface area contributed by atoms with Crippen LogP contribution in [-0.2, 0) is 10.4 Å². The molecule has 1 aromatic carbocycles. The Morgan fingerprint density at radius 3 is 1.41 bits per heavy atom. The van der Waals surface area contributed by atoms with Gasteiger partial charge < -0.3 is 9.84 Å². The second-order valence-corrected chi connectivity index (χ2v) is 8.19. The number of benzene rings is 1. The van der Waals surface area contributed by atoms with Gasteiger partial charge in [0.2, 0.25) is 0 Å². The molecular weight excluding hydrogens is 599 g/mol. The summed E-state index contributed by atoms with van der Waals surface area (Å²) in [7, 11) is 0. The third kappa shape index (κ3) is 5.19. The summed E-state index contributed by atoms with van der Waals surface area (Å²) in [4.78, 5) is 11.1. The predicted octanol–water partition coefficient (Wildman–Crippen LogP) is 7.22. The molecular formula is C19H13F17O3. The molecule has 226 valence electrons. The molecule has 1 aromatic rings. The van der Waals surface area contributed by atoms with Gasteiger partial charge in [-0.05, 0) is 13.0 Å². The van der Waals surface area contributed by atoms with Crippen LogP contribution in [0.25, 0.3) is 0 Å². The van der Waals surface area contributed by atoms with Gasteiger partial charge >= 0.3 is 53.6 Å². The monoisotopic (exact) mass is 612 g/mol. The Hall–Kier alpha value is -2.54. The minimum atomic E-state index is -8.74. The Labute approximate surface area is 205 Å². The van der Waals surface area contributed by atoms with Crippen LogP contribution in [0.15, 0.2) is 24.3 Å². The summed E-state index contributed by atoms with van der Waals surface area (Å²) in [5.74, 6) is -59.7. The Balaban J connectivity index is 3.66. The summed E-state index contributed by atoms with van der Waals surface area (Å²) in [6.45, 7) is 0.803. The number of rotatable bonds is 10. The first-order valence-corrected chi connectivity index (χ1v) is 9.58. The molecule has 0 saturated carbocycles. The molecule has 3 nitrogen and oxygen atoms in total. The molecule has 0 aromatic heterocycles. The molecule has 1 rings (SSSR count). The van der Waals surface area contributed by atoms with E-state index in [-0.39, 0.29) is 6.92 Å². The number of para-hydroxylation sites is 1. The van der Waals surface area contributed by atoms with E-state index in [1.807, 2.05) is 0 Å². The molecule has 0 radical (unpaired) electrons. The zero-order chi connectivity index (χ0) is 31.5. The maximum absolute atomic E-state index is 14.3. The number of alkyl halides is 17. The summed E-state index contributed by atoms with van der Waals surface area (Å²) in [6.07, 6.45) is -11.0. The van der Waals surface area contributed by atoms with E-state index < -0.39 is 76.9 Å². The molecule has 0 saturated heterocycles. The third-order valence-corrected chi connectivity index (χ3v) is 5.07. The molecule has 0 bridgehead atoms. The largest absolute Gasteiger partial charge is 0.460 e. The van der Waals surface area contributed by atoms with Gasteiger partial charge in [-0.15, -0.1) is 0 Å². The van der Waals surface area contributed by atoms with E-state index in [4.69, 9.17) is 0 Å². The number of esters is 1. The van der Waals surface area contributed by atoms with E-state index in [0.717, 1.165) is 12.1 Å². The fraction of sp³-hybridized carbons (Fsp3) is 0.632. The Morgan fingerprint density at radius 1 is 0.667 bits per heavy atom. The predicted molar refractivity (Wildman–Crippen MR) is 92.6 cm³/mol. The van der Waals surface area contributed by atoms with E-state index in [2.05, 4.69) is 4.74 Å². The topological polar surface area (TPSA) is 46.5 Å². The fourth-order valence-electron chi connectivity index (χ4n) is 2.99. The number of hydrogen-bond donors (Lipinski definition) is 1. The molecule has 1 N–H and O–H groups in total. The van der Waals surface area contributed by atoms with Gasteiger partial charge in [0.05, 0.1) is 12.0 Å². The van der Waals surface area contributed by atoms with Crippen LogP contribution in [0.2, 0.25) is 0 Å². The van der Waals surface area contributed by atoms with Crippen molar-refractivity contribution in [2.75, 3.05) is 0 Å². The van der Waals surface area contributed by atoms with Crippen LogP contribution in [-0.4, -0.2) is 58.7 Å². The van der Waals surface area contributed by atoms with Crippen molar-refractivity contribution >= 4 is 5.97 Å². The average Bonchev–Trinajstić information content (AvgIpc) is 2.71. The zero-order valence-electron chi connectivity index (χ0n) is 18.7. The molecule has 20 heteroatoms. The quantitative estimate of drug-likeness (QED) is 0.173. The van der Waals surface area contributed by atoms with Crippen LogP contribution in [0, 0.1) is 0 Å². The first-order valence-electron chi connectivity index (χ1n) is 9.58. The highest BCUT2D eigenvalue weighted by molar-refractivity contribution is 5.70. The highest BCUT2D eigenvalue weighted by Gasteiger charge is 2.95. The van der Waals surface area contributed by atoms with Crippen molar-refractivity contribution < 1.29 is 89.3 Å². The van der Waals surface area contributed by atoms with Crippen molar-refractivity contribution in [1.29, 1.82) is 0 Å². The van der Waals surface area contributed by atoms with Crippen molar-refractivity contribution in [3.05, 3.63) is 29.8 Å². The maximum Gasteiger partial charge on any atom is 0.460 e. The van der Waals surface area contributed by atoms with Gasteiger partial charge in [-0.3, -0.25) is 4.79 Å². The lowest BCUT2D eigenvalue weighted by molar-refractivity contribution is -0.462. The molecule has 0 aliphatic rings. The molecule has 0 aliphatic heterocycles. The van der Waals surface area contributed by atoms with Gasteiger partial charge in [0.15, 0.2) is 0 Å². The van der Waals surface area contributed by atoms with Crippen LogP contribution in [0.4, 0.5) is 74.6 Å². The molecule has 1 atom stereocenters. The molecule has 0 aliphatic carbocycles. The van der Waals surface area contributed by atoms with Crippen molar-refractivity contribution in [2.24, 2.45) is 0 Å². The molecule has 0 amide bonds. The lowest BCUT2D eigenvalue weighted by Crippen LogP contribution is -2.74. The fourth-order valence-corrected chi connectivity index (χ4v) is 2.99. The third-order valence-electron chi connectivity index (χ3n) is 5.07. The van der Waals surface area contributed by atoms with Crippen LogP contribution >= 0.6 is 0 Å². The maximum atomic E-state index is 14.3. The zero-order valence-corrected chi connectivity index (χ0v) is 18.7. The SMILES string of the molecule is CC(=O)Oc1ccccc1C(C)(O)CC(F)(F)C(F)(F)C(F)(F)C(F)(F)C(F)(F)C(F)(F)C(F)(F)C(F)(F)F. The molecule has 39 heavy (non-hydrogen) atoms. The van der Waals surface area contributed by atoms with Crippen LogP contribution in [0.3, 0.4) is 0 Å². The highest BCUT2D eigenvalue weighted by atomic mass is 19.4. The van der Waals surface area contributed by atoms with Crippen molar-refractivity contribution in [3.63, 3.8) is 0 Å². The lowest BCUT2D eigenvalue weighted by atomic mass is 9.83. The van der Waals surface area contributed by atoms with Crippen LogP contribution in [0.1, 0.15) is 25.8 Å². The summed E-state index contributed by atoms with van der Waals surface area (Å²) >= 11 is 0. The lowest BCUT2D eigenvalue weighted by Gasteiger charge is -2.43. The van der Waals surface area contributed by atoms with Crippen molar-refractivity contribution in [3.8, 4) is 5.75 Å². The van der Waals surface area contributed by atoms with Gasteiger partial charge in [0, 0.05) is 12.5 Å². The molecule has 0 fully saturated rings. The van der Waals surface area contributed by atoms with E-state index in [1.165, 1.54) is 0 Å². The molecule has 0 spiro atoms. The summed E-state index contributed by atoms with van der Waals surface area (Å²) < 4.78 is 232. The first-order chi connectivity index (χ1) is 16.9. The minimum Gasteiger partial charge on any atom is -0.426 e. The second-order valence-electron chi connectivity index (χ2n) is 8.19. The number of halogens is 17. The molecule has 0 heterocycles. The smallest absolute Gasteiger partial charge is 0.426 e. The van der Waals surface area contributed by atoms with Gasteiger partial charge in [-0.1, -0.05) is 18.2 Å². The summed E-state index contributed by atoms with van der Waals surface area (Å²) in [5.41, 5.74) is -4.69. The van der Waals surface area contributed by atoms with Gasteiger partial charge in [-0.25, -0.2) is 0 Å². The summed E-state index contributed by atoms with van der Waals surface area (Å²) in [5, 5.41) is 10.2. The van der Waals surface area contributed by atoms with E-state index in [0.29, 0.717) is 19.1 Å². The van der Waals surface area contributed by atoms with Gasteiger partial charge in [0.25, 0.3) is 0 Å². The van der Waals surface area contributed by atoms with Gasteiger partial charge in [-0.2, -0.15) is 74.6 Å². The van der Waals surface area contributed by atoms with Crippen molar-refractivity contribution in [1.82, 2.24) is 0 Å². The Kier molecular flexibility index (Phi) is 8.43. The number of carbonyl (C=O) groups is 1. The summed E-state index contributed by atoms with van der Waals surface area (Å²) in [6, 6.07) is 3.10. The first kappa shape index (κ1) is 34.5. The van der Waals surface area contributed by atoms with Crippen LogP contribution < -0.4 is 4.74 Å². The standard InChI is InChI=1S/C19H13F17O3/c1-8(37)39-10-6-4-3-5-9(10)11(2,38)7-12(20,21)13(22,23)14(24,25)15(26,27)16(28,29)17(30,31)18(32,33)19(34,35)36/h3-6,38H,7H2,1-2H3. The Morgan fingerprint density at radius 2 is 1.03 bits per heavy atom. The number of hydrogen-bond acceptors (Lipinski definition) is 3. The van der Waals surface area contributed by atoms with E-state index in [9.17, 15) is 84.5 Å². The number of ether oxygens (including phenoxy) is 1.